The van der Waals surface area contributed by atoms with Gasteiger partial charge in [0.2, 0.25) is 5.89 Å². The summed E-state index contributed by atoms with van der Waals surface area (Å²) in [7, 11) is 0. The van der Waals surface area contributed by atoms with E-state index < -0.39 is 0 Å². The van der Waals surface area contributed by atoms with E-state index in [1.54, 1.807) is 0 Å². The summed E-state index contributed by atoms with van der Waals surface area (Å²) in [6.45, 7) is 9.52. The van der Waals surface area contributed by atoms with E-state index in [0.29, 0.717) is 18.4 Å². The Bertz CT molecular complexity index is 406. The molecule has 1 saturated carbocycles. The number of nitrogens with two attached hydrogens (primary N) is 1. The fraction of sp³-hybridized carbons (Fsp3) is 0.875. The Hall–Kier alpha value is -0.900. The second-order valence-corrected chi connectivity index (χ2v) is 6.93. The van der Waals surface area contributed by atoms with E-state index in [2.05, 4.69) is 37.8 Å². The zero-order valence-electron chi connectivity index (χ0n) is 13.3. The molecule has 1 atom stereocenters. The van der Waals surface area contributed by atoms with Crippen LogP contribution >= 0.6 is 0 Å². The molecule has 4 heteroatoms. The summed E-state index contributed by atoms with van der Waals surface area (Å²) in [4.78, 5) is 4.64. The van der Waals surface area contributed by atoms with Crippen molar-refractivity contribution in [2.75, 3.05) is 6.54 Å². The van der Waals surface area contributed by atoms with Gasteiger partial charge < -0.3 is 10.3 Å². The Morgan fingerprint density at radius 2 is 1.80 bits per heavy atom. The van der Waals surface area contributed by atoms with Gasteiger partial charge in [0, 0.05) is 12.5 Å². The highest BCUT2D eigenvalue weighted by molar-refractivity contribution is 5.02. The second kappa shape index (κ2) is 6.70. The molecule has 0 bridgehead atoms. The molecule has 1 fully saturated rings. The molecule has 1 unspecified atom stereocenters. The smallest absolute Gasteiger partial charge is 0.231 e. The average molecular weight is 279 g/mol. The van der Waals surface area contributed by atoms with Gasteiger partial charge in [-0.05, 0) is 43.4 Å². The van der Waals surface area contributed by atoms with E-state index in [0.717, 1.165) is 23.6 Å². The number of rotatable bonds is 5. The lowest BCUT2D eigenvalue weighted by Crippen LogP contribution is -2.19. The first-order valence-corrected chi connectivity index (χ1v) is 8.06. The van der Waals surface area contributed by atoms with Gasteiger partial charge in [0.15, 0.2) is 5.82 Å². The molecule has 2 rings (SSSR count). The maximum absolute atomic E-state index is 5.82. The Labute approximate surface area is 122 Å². The van der Waals surface area contributed by atoms with Crippen LogP contribution in [0.4, 0.5) is 0 Å². The van der Waals surface area contributed by atoms with Crippen LogP contribution in [0.3, 0.4) is 0 Å². The summed E-state index contributed by atoms with van der Waals surface area (Å²) < 4.78 is 5.47. The van der Waals surface area contributed by atoms with Crippen LogP contribution in [0.15, 0.2) is 4.52 Å². The molecule has 20 heavy (non-hydrogen) atoms. The topological polar surface area (TPSA) is 64.9 Å². The van der Waals surface area contributed by atoms with Gasteiger partial charge in [-0.15, -0.1) is 0 Å². The molecule has 0 aliphatic heterocycles. The number of hydrogen-bond acceptors (Lipinski definition) is 4. The fourth-order valence-corrected chi connectivity index (χ4v) is 3.27. The zero-order chi connectivity index (χ0) is 14.7. The standard InChI is InChI=1S/C16H29N3O/c1-10(2)12-5-7-13(8-6-12)15-18-16(20-19-15)14(9-17)11(3)4/h10-14H,5-9,17H2,1-4H3. The quantitative estimate of drug-likeness (QED) is 0.892. The van der Waals surface area contributed by atoms with Crippen molar-refractivity contribution < 1.29 is 4.52 Å². The van der Waals surface area contributed by atoms with E-state index in [1.807, 2.05) is 0 Å². The van der Waals surface area contributed by atoms with Crippen molar-refractivity contribution in [3.8, 4) is 0 Å². The van der Waals surface area contributed by atoms with Crippen LogP contribution in [0, 0.1) is 17.8 Å². The lowest BCUT2D eigenvalue weighted by atomic mass is 9.77. The van der Waals surface area contributed by atoms with Gasteiger partial charge in [-0.3, -0.25) is 0 Å². The highest BCUT2D eigenvalue weighted by Gasteiger charge is 2.28. The molecular weight excluding hydrogens is 250 g/mol. The molecule has 1 aliphatic carbocycles. The van der Waals surface area contributed by atoms with Crippen LogP contribution < -0.4 is 5.73 Å². The highest BCUT2D eigenvalue weighted by atomic mass is 16.5. The molecule has 4 nitrogen and oxygen atoms in total. The monoisotopic (exact) mass is 279 g/mol. The maximum Gasteiger partial charge on any atom is 0.231 e. The normalized spacial score (nSPS) is 25.4. The first-order valence-electron chi connectivity index (χ1n) is 8.06. The third-order valence-electron chi connectivity index (χ3n) is 4.91. The predicted octanol–water partition coefficient (Wildman–Crippen LogP) is 3.70. The molecule has 0 aromatic carbocycles. The van der Waals surface area contributed by atoms with Crippen LogP contribution in [-0.4, -0.2) is 16.7 Å². The molecule has 1 heterocycles. The third-order valence-corrected chi connectivity index (χ3v) is 4.91. The van der Waals surface area contributed by atoms with Crippen LogP contribution in [-0.2, 0) is 0 Å². The minimum atomic E-state index is 0.184. The Balaban J connectivity index is 1.99. The van der Waals surface area contributed by atoms with Crippen molar-refractivity contribution in [3.05, 3.63) is 11.7 Å². The Morgan fingerprint density at radius 3 is 2.30 bits per heavy atom. The van der Waals surface area contributed by atoms with Gasteiger partial charge in [0.05, 0.1) is 5.92 Å². The van der Waals surface area contributed by atoms with Gasteiger partial charge in [-0.1, -0.05) is 32.9 Å². The number of aromatic nitrogens is 2. The SMILES string of the molecule is CC(C)C1CCC(c2noc(C(CN)C(C)C)n2)CC1. The molecule has 1 aromatic rings. The first-order chi connectivity index (χ1) is 9.52. The van der Waals surface area contributed by atoms with Crippen molar-refractivity contribution in [3.63, 3.8) is 0 Å². The molecule has 1 aliphatic rings. The Morgan fingerprint density at radius 1 is 1.15 bits per heavy atom. The number of nitrogens with zero attached hydrogens (tertiary/aromatic N) is 2. The summed E-state index contributed by atoms with van der Waals surface area (Å²) in [6.07, 6.45) is 4.96. The van der Waals surface area contributed by atoms with Crippen LogP contribution in [0.1, 0.15) is 76.9 Å². The average Bonchev–Trinajstić information content (AvgIpc) is 2.88. The summed E-state index contributed by atoms with van der Waals surface area (Å²) >= 11 is 0. The van der Waals surface area contributed by atoms with Crippen molar-refractivity contribution in [1.82, 2.24) is 10.1 Å². The lowest BCUT2D eigenvalue weighted by Gasteiger charge is -2.29. The summed E-state index contributed by atoms with van der Waals surface area (Å²) in [5.41, 5.74) is 5.82. The van der Waals surface area contributed by atoms with Crippen molar-refractivity contribution in [2.45, 2.75) is 65.2 Å². The van der Waals surface area contributed by atoms with Gasteiger partial charge in [0.25, 0.3) is 0 Å². The minimum Gasteiger partial charge on any atom is -0.339 e. The molecular formula is C16H29N3O. The Kier molecular flexibility index (Phi) is 5.19. The summed E-state index contributed by atoms with van der Waals surface area (Å²) in [5.74, 6) is 4.38. The predicted molar refractivity (Wildman–Crippen MR) is 80.5 cm³/mol. The van der Waals surface area contributed by atoms with Crippen LogP contribution in [0.25, 0.3) is 0 Å². The molecule has 0 amide bonds. The van der Waals surface area contributed by atoms with Crippen molar-refractivity contribution in [1.29, 1.82) is 0 Å². The molecule has 0 saturated heterocycles. The van der Waals surface area contributed by atoms with E-state index in [4.69, 9.17) is 10.3 Å². The van der Waals surface area contributed by atoms with Gasteiger partial charge in [-0.25, -0.2) is 0 Å². The third kappa shape index (κ3) is 3.40. The second-order valence-electron chi connectivity index (χ2n) is 6.93. The van der Waals surface area contributed by atoms with Gasteiger partial charge >= 0.3 is 0 Å². The molecule has 0 spiro atoms. The van der Waals surface area contributed by atoms with Crippen molar-refractivity contribution >= 4 is 0 Å². The summed E-state index contributed by atoms with van der Waals surface area (Å²) in [6, 6.07) is 0. The largest absolute Gasteiger partial charge is 0.339 e. The van der Waals surface area contributed by atoms with Crippen LogP contribution in [0.2, 0.25) is 0 Å². The highest BCUT2D eigenvalue weighted by Crippen LogP contribution is 2.38. The van der Waals surface area contributed by atoms with Crippen LogP contribution in [0.5, 0.6) is 0 Å². The first kappa shape index (κ1) is 15.5. The maximum atomic E-state index is 5.82. The lowest BCUT2D eigenvalue weighted by molar-refractivity contribution is 0.251. The fourth-order valence-electron chi connectivity index (χ4n) is 3.27. The van der Waals surface area contributed by atoms with E-state index >= 15 is 0 Å². The minimum absolute atomic E-state index is 0.184. The molecule has 1 aromatic heterocycles. The van der Waals surface area contributed by atoms with E-state index in [-0.39, 0.29) is 5.92 Å². The van der Waals surface area contributed by atoms with Gasteiger partial charge in [-0.2, -0.15) is 4.98 Å². The van der Waals surface area contributed by atoms with E-state index in [9.17, 15) is 0 Å². The number of hydrogen-bond donors (Lipinski definition) is 1. The molecule has 114 valence electrons. The molecule has 0 radical (unpaired) electrons. The summed E-state index contributed by atoms with van der Waals surface area (Å²) in [5, 5.41) is 4.22. The zero-order valence-corrected chi connectivity index (χ0v) is 13.3. The van der Waals surface area contributed by atoms with E-state index in [1.165, 1.54) is 25.7 Å². The van der Waals surface area contributed by atoms with Crippen molar-refractivity contribution in [2.24, 2.45) is 23.5 Å². The molecule has 2 N–H and O–H groups in total. The van der Waals surface area contributed by atoms with Gasteiger partial charge in [0.1, 0.15) is 0 Å².